The molecule has 0 aromatic carbocycles. The number of allylic oxidation sites excluding steroid dienone is 1. The first-order chi connectivity index (χ1) is 13.8. The maximum Gasteiger partial charge on any atom is 0.455 e. The summed E-state index contributed by atoms with van der Waals surface area (Å²) in [6.07, 6.45) is -8.88. The molecule has 2 aromatic heterocycles. The molecule has 2 N–H and O–H groups in total. The van der Waals surface area contributed by atoms with Gasteiger partial charge in [0.2, 0.25) is 4.96 Å². The summed E-state index contributed by atoms with van der Waals surface area (Å²) in [7, 11) is 0. The predicted octanol–water partition coefficient (Wildman–Crippen LogP) is 3.62. The zero-order valence-electron chi connectivity index (χ0n) is 14.6. The van der Waals surface area contributed by atoms with Crippen molar-refractivity contribution in [1.29, 1.82) is 0 Å². The Morgan fingerprint density at radius 2 is 1.83 bits per heavy atom. The van der Waals surface area contributed by atoms with E-state index < -0.39 is 47.2 Å². The number of alkyl halides is 8. The van der Waals surface area contributed by atoms with Gasteiger partial charge in [0.1, 0.15) is 11.6 Å². The third-order valence-corrected chi connectivity index (χ3v) is 5.10. The molecular weight excluding hydrogens is 450 g/mol. The molecule has 0 radical (unpaired) electrons. The molecule has 164 valence electrons. The zero-order valence-corrected chi connectivity index (χ0v) is 15.4. The van der Waals surface area contributed by atoms with E-state index in [4.69, 9.17) is 5.73 Å². The molecule has 30 heavy (non-hydrogen) atoms. The van der Waals surface area contributed by atoms with Crippen LogP contribution in [0.15, 0.2) is 16.0 Å². The number of halogens is 8. The molecule has 1 aliphatic carbocycles. The van der Waals surface area contributed by atoms with Crippen LogP contribution in [0.2, 0.25) is 0 Å². The largest absolute Gasteiger partial charge is 0.455 e. The summed E-state index contributed by atoms with van der Waals surface area (Å²) in [5.74, 6) is -5.22. The number of hydrogen-bond acceptors (Lipinski definition) is 6. The van der Waals surface area contributed by atoms with E-state index in [1.807, 2.05) is 0 Å². The minimum absolute atomic E-state index is 0.00423. The Kier molecular flexibility index (Phi) is 5.37. The minimum atomic E-state index is -5.91. The summed E-state index contributed by atoms with van der Waals surface area (Å²) in [6.45, 7) is -2.10. The van der Waals surface area contributed by atoms with Crippen LogP contribution in [0.4, 0.5) is 35.1 Å². The van der Waals surface area contributed by atoms with Crippen LogP contribution in [0.3, 0.4) is 0 Å². The van der Waals surface area contributed by atoms with E-state index >= 15 is 0 Å². The van der Waals surface area contributed by atoms with Crippen LogP contribution in [0.5, 0.6) is 0 Å². The third-order valence-electron chi connectivity index (χ3n) is 4.02. The first kappa shape index (κ1) is 22.1. The second-order valence-electron chi connectivity index (χ2n) is 6.34. The second-order valence-corrected chi connectivity index (χ2v) is 7.33. The molecule has 1 fully saturated rings. The monoisotopic (exact) mass is 461 g/mol. The molecule has 0 unspecified atom stereocenters. The Labute approximate surface area is 165 Å². The van der Waals surface area contributed by atoms with E-state index in [0.717, 1.165) is 24.2 Å². The number of rotatable bonds is 5. The highest BCUT2D eigenvalue weighted by Crippen LogP contribution is 2.42. The summed E-state index contributed by atoms with van der Waals surface area (Å²) in [4.78, 5) is 18.6. The fourth-order valence-electron chi connectivity index (χ4n) is 2.36. The van der Waals surface area contributed by atoms with Crippen molar-refractivity contribution in [2.45, 2.75) is 37.0 Å². The Hall–Kier alpha value is -2.58. The minimum Gasteiger partial charge on any atom is -0.404 e. The standard InChI is InChI=1S/C15H11F8N5OS/c16-13(17,15(21,22)23)5-25-4-7(3-24)8-9(14(18,19)20)26-12-28(11(8)29)27-10(30-12)6-1-2-6/h3-4,6H,1-2,5,24H2/b7-3+,25-4?. The molecule has 0 spiro atoms. The lowest BCUT2D eigenvalue weighted by Gasteiger charge is -2.17. The van der Waals surface area contributed by atoms with Gasteiger partial charge in [-0.1, -0.05) is 11.3 Å². The van der Waals surface area contributed by atoms with E-state index in [2.05, 4.69) is 15.1 Å². The first-order valence-electron chi connectivity index (χ1n) is 8.14. The van der Waals surface area contributed by atoms with Crippen molar-refractivity contribution in [3.63, 3.8) is 0 Å². The quantitative estimate of drug-likeness (QED) is 0.545. The number of aromatic nitrogens is 3. The van der Waals surface area contributed by atoms with Gasteiger partial charge in [-0.15, -0.1) is 0 Å². The topological polar surface area (TPSA) is 85.6 Å². The van der Waals surface area contributed by atoms with Crippen molar-refractivity contribution >= 4 is 28.1 Å². The highest BCUT2D eigenvalue weighted by atomic mass is 32.1. The SMILES string of the molecule is N/C=C(\C=NCC(F)(F)C(F)(F)F)c1c(C(F)(F)F)nc2sc(C3CC3)nn2c1=O. The van der Waals surface area contributed by atoms with Crippen LogP contribution in [-0.2, 0) is 6.18 Å². The summed E-state index contributed by atoms with van der Waals surface area (Å²) in [5, 5.41) is 4.34. The van der Waals surface area contributed by atoms with Crippen LogP contribution < -0.4 is 11.3 Å². The molecule has 0 saturated heterocycles. The highest BCUT2D eigenvalue weighted by molar-refractivity contribution is 7.16. The molecule has 2 heterocycles. The second kappa shape index (κ2) is 7.28. The van der Waals surface area contributed by atoms with E-state index in [1.54, 1.807) is 0 Å². The van der Waals surface area contributed by atoms with Crippen molar-refractivity contribution in [3.8, 4) is 0 Å². The smallest absolute Gasteiger partial charge is 0.404 e. The average Bonchev–Trinajstić information content (AvgIpc) is 3.37. The van der Waals surface area contributed by atoms with Crippen molar-refractivity contribution in [1.82, 2.24) is 14.6 Å². The van der Waals surface area contributed by atoms with E-state index in [9.17, 15) is 39.9 Å². The highest BCUT2D eigenvalue weighted by Gasteiger charge is 2.57. The van der Waals surface area contributed by atoms with Gasteiger partial charge in [0.25, 0.3) is 5.56 Å². The van der Waals surface area contributed by atoms with Gasteiger partial charge >= 0.3 is 18.3 Å². The summed E-state index contributed by atoms with van der Waals surface area (Å²) >= 11 is 0.797. The van der Waals surface area contributed by atoms with Crippen LogP contribution >= 0.6 is 11.3 Å². The lowest BCUT2D eigenvalue weighted by atomic mass is 10.1. The van der Waals surface area contributed by atoms with Crippen molar-refractivity contribution < 1.29 is 35.1 Å². The maximum atomic E-state index is 13.5. The molecule has 0 amide bonds. The third kappa shape index (κ3) is 4.15. The Morgan fingerprint density at radius 1 is 1.20 bits per heavy atom. The molecule has 15 heteroatoms. The Balaban J connectivity index is 2.09. The van der Waals surface area contributed by atoms with Gasteiger partial charge in [0.15, 0.2) is 5.69 Å². The van der Waals surface area contributed by atoms with Crippen LogP contribution in [0.1, 0.15) is 35.0 Å². The maximum absolute atomic E-state index is 13.5. The van der Waals surface area contributed by atoms with Crippen molar-refractivity contribution in [2.75, 3.05) is 6.54 Å². The van der Waals surface area contributed by atoms with Gasteiger partial charge < -0.3 is 5.73 Å². The van der Waals surface area contributed by atoms with Gasteiger partial charge in [-0.25, -0.2) is 4.98 Å². The Morgan fingerprint density at radius 3 is 2.33 bits per heavy atom. The number of nitrogens with zero attached hydrogens (tertiary/aromatic N) is 4. The zero-order chi connectivity index (χ0) is 22.5. The van der Waals surface area contributed by atoms with E-state index in [-0.39, 0.29) is 17.1 Å². The number of aliphatic imine (C=N–C) groups is 1. The first-order valence-corrected chi connectivity index (χ1v) is 8.95. The van der Waals surface area contributed by atoms with Crippen LogP contribution in [0, 0.1) is 0 Å². The normalized spacial score (nSPS) is 16.7. The predicted molar refractivity (Wildman–Crippen MR) is 90.6 cm³/mol. The van der Waals surface area contributed by atoms with E-state index in [1.165, 1.54) is 0 Å². The van der Waals surface area contributed by atoms with E-state index in [0.29, 0.717) is 15.7 Å². The molecular formula is C15H11F8N5OS. The summed E-state index contributed by atoms with van der Waals surface area (Å²) < 4.78 is 104. The van der Waals surface area contributed by atoms with Crippen LogP contribution in [0.25, 0.3) is 10.5 Å². The fourth-order valence-corrected chi connectivity index (χ4v) is 3.42. The van der Waals surface area contributed by atoms with Gasteiger partial charge in [-0.3, -0.25) is 9.79 Å². The number of hydrogen-bond donors (Lipinski definition) is 1. The molecule has 0 aliphatic heterocycles. The number of fused-ring (bicyclic) bond motifs is 1. The number of nitrogens with two attached hydrogens (primary N) is 1. The van der Waals surface area contributed by atoms with Crippen molar-refractivity contribution in [2.24, 2.45) is 10.7 Å². The van der Waals surface area contributed by atoms with Gasteiger partial charge in [0.05, 0.1) is 5.56 Å². The molecule has 3 rings (SSSR count). The van der Waals surface area contributed by atoms with Gasteiger partial charge in [-0.05, 0) is 12.8 Å². The summed E-state index contributed by atoms with van der Waals surface area (Å²) in [5.41, 5.74) is 0.240. The van der Waals surface area contributed by atoms with Gasteiger partial charge in [0, 0.05) is 23.9 Å². The van der Waals surface area contributed by atoms with Gasteiger partial charge in [-0.2, -0.15) is 44.7 Å². The lowest BCUT2D eigenvalue weighted by molar-refractivity contribution is -0.276. The van der Waals surface area contributed by atoms with Crippen molar-refractivity contribution in [3.05, 3.63) is 32.8 Å². The molecule has 0 bridgehead atoms. The average molecular weight is 461 g/mol. The fraction of sp³-hybridized carbons (Fsp3) is 0.467. The molecule has 1 saturated carbocycles. The Bertz CT molecular complexity index is 1080. The van der Waals surface area contributed by atoms with Crippen LogP contribution in [-0.4, -0.2) is 39.5 Å². The molecule has 2 aromatic rings. The molecule has 0 atom stereocenters. The molecule has 1 aliphatic rings. The lowest BCUT2D eigenvalue weighted by Crippen LogP contribution is -2.39. The molecule has 6 nitrogen and oxygen atoms in total. The summed E-state index contributed by atoms with van der Waals surface area (Å²) in [6, 6.07) is 0.